The molecule has 0 amide bonds. The number of fused-ring (bicyclic) bond motifs is 16. The molecule has 0 radical (unpaired) electrons. The van der Waals surface area contributed by atoms with Gasteiger partial charge in [-0.3, -0.25) is 0 Å². The molecule has 6 rings (SSSR count). The van der Waals surface area contributed by atoms with Gasteiger partial charge in [-0.2, -0.15) is 5.26 Å². The van der Waals surface area contributed by atoms with Crippen molar-refractivity contribution in [2.24, 2.45) is 64.6 Å². The van der Waals surface area contributed by atoms with Crippen molar-refractivity contribution in [1.82, 2.24) is 0 Å². The first-order chi connectivity index (χ1) is 9.72. The van der Waals surface area contributed by atoms with Crippen LogP contribution in [0.3, 0.4) is 0 Å². The molecule has 0 N–H and O–H groups in total. The van der Waals surface area contributed by atoms with Crippen LogP contribution in [-0.4, -0.2) is 0 Å². The predicted octanol–water partition coefficient (Wildman–Crippen LogP) is 3.88. The van der Waals surface area contributed by atoms with E-state index in [9.17, 15) is 5.26 Å². The van der Waals surface area contributed by atoms with Crippen molar-refractivity contribution in [2.75, 3.05) is 0 Å². The zero-order valence-corrected chi connectivity index (χ0v) is 12.2. The Balaban J connectivity index is 1.49. The monoisotopic (exact) mass is 265 g/mol. The smallest absolute Gasteiger partial charge is 0.0658 e. The lowest BCUT2D eigenvalue weighted by atomic mass is 9.54. The van der Waals surface area contributed by atoms with E-state index >= 15 is 0 Å². The lowest BCUT2D eigenvalue weighted by Crippen LogP contribution is -2.46. The highest BCUT2D eigenvalue weighted by molar-refractivity contribution is 5.28. The maximum Gasteiger partial charge on any atom is 0.0658 e. The highest BCUT2D eigenvalue weighted by Crippen LogP contribution is 2.80. The van der Waals surface area contributed by atoms with Gasteiger partial charge in [-0.05, 0) is 84.4 Å². The Labute approximate surface area is 121 Å². The van der Waals surface area contributed by atoms with Crippen molar-refractivity contribution >= 4 is 0 Å². The van der Waals surface area contributed by atoms with Gasteiger partial charge in [0.25, 0.3) is 0 Å². The molecule has 1 nitrogen and oxygen atoms in total. The van der Waals surface area contributed by atoms with Crippen molar-refractivity contribution in [3.05, 3.63) is 12.2 Å². The third-order valence-electron chi connectivity index (χ3n) is 8.94. The summed E-state index contributed by atoms with van der Waals surface area (Å²) in [5.41, 5.74) is 0.596. The molecule has 0 heterocycles. The molecule has 6 aliphatic carbocycles. The highest BCUT2D eigenvalue weighted by atomic mass is 14.8. The fourth-order valence-corrected chi connectivity index (χ4v) is 9.00. The lowest BCUT2D eigenvalue weighted by Gasteiger charge is -2.50. The maximum atomic E-state index is 9.49. The molecule has 0 saturated heterocycles. The molecule has 0 aromatic carbocycles. The van der Waals surface area contributed by atoms with Crippen LogP contribution in [0, 0.1) is 75.9 Å². The second kappa shape index (κ2) is 3.03. The van der Waals surface area contributed by atoms with Crippen molar-refractivity contribution < 1.29 is 0 Å². The minimum absolute atomic E-state index is 0.407. The minimum Gasteiger partial charge on any atom is -0.198 e. The standard InChI is InChI=1S/C19H23N/c1-19-7-14(15-9-2-3-10(4-9)17(15)19)16-11-5-12(8-20)13(6-11)18(16)19/h2-3,9-18H,4-7H2,1H3. The Morgan fingerprint density at radius 2 is 1.85 bits per heavy atom. The van der Waals surface area contributed by atoms with Crippen LogP contribution in [0.2, 0.25) is 0 Å². The van der Waals surface area contributed by atoms with Gasteiger partial charge in [0.2, 0.25) is 0 Å². The molecule has 20 heavy (non-hydrogen) atoms. The molecule has 11 unspecified atom stereocenters. The van der Waals surface area contributed by atoms with E-state index < -0.39 is 0 Å². The van der Waals surface area contributed by atoms with Crippen LogP contribution in [0.25, 0.3) is 0 Å². The Kier molecular flexibility index (Phi) is 1.65. The van der Waals surface area contributed by atoms with Gasteiger partial charge < -0.3 is 0 Å². The van der Waals surface area contributed by atoms with E-state index in [1.54, 1.807) is 0 Å². The molecule has 0 aliphatic heterocycles. The van der Waals surface area contributed by atoms with Gasteiger partial charge >= 0.3 is 0 Å². The number of rotatable bonds is 0. The van der Waals surface area contributed by atoms with E-state index in [4.69, 9.17) is 0 Å². The Morgan fingerprint density at radius 3 is 2.70 bits per heavy atom. The SMILES string of the molecule is CC12CC(C3C4C=CC(C4)C31)C1C3CC(C#N)C(C3)C12. The van der Waals surface area contributed by atoms with Crippen molar-refractivity contribution in [2.45, 2.75) is 32.6 Å². The summed E-state index contributed by atoms with van der Waals surface area (Å²) in [7, 11) is 0. The van der Waals surface area contributed by atoms with Crippen LogP contribution in [-0.2, 0) is 0 Å². The molecule has 5 saturated carbocycles. The zero-order chi connectivity index (χ0) is 13.2. The summed E-state index contributed by atoms with van der Waals surface area (Å²) in [6, 6.07) is 2.66. The van der Waals surface area contributed by atoms with Crippen LogP contribution in [0.15, 0.2) is 12.2 Å². The van der Waals surface area contributed by atoms with E-state index in [-0.39, 0.29) is 0 Å². The predicted molar refractivity (Wildman–Crippen MR) is 76.2 cm³/mol. The maximum absolute atomic E-state index is 9.49. The van der Waals surface area contributed by atoms with E-state index in [2.05, 4.69) is 25.1 Å². The van der Waals surface area contributed by atoms with Gasteiger partial charge in [-0.25, -0.2) is 0 Å². The third kappa shape index (κ3) is 0.895. The average Bonchev–Trinajstić information content (AvgIpc) is 3.22. The minimum atomic E-state index is 0.407. The molecule has 11 atom stereocenters. The van der Waals surface area contributed by atoms with Gasteiger partial charge in [-0.15, -0.1) is 0 Å². The lowest BCUT2D eigenvalue weighted by molar-refractivity contribution is -0.0141. The third-order valence-corrected chi connectivity index (χ3v) is 8.94. The van der Waals surface area contributed by atoms with Crippen molar-refractivity contribution in [3.8, 4) is 6.07 Å². The number of hydrogen-bond acceptors (Lipinski definition) is 1. The quantitative estimate of drug-likeness (QED) is 0.482. The molecule has 0 spiro atoms. The van der Waals surface area contributed by atoms with Crippen LogP contribution in [0.1, 0.15) is 32.6 Å². The van der Waals surface area contributed by atoms with Crippen molar-refractivity contribution in [1.29, 1.82) is 5.26 Å². The Bertz CT molecular complexity index is 571. The van der Waals surface area contributed by atoms with Gasteiger partial charge in [0, 0.05) is 5.92 Å². The summed E-state index contributed by atoms with van der Waals surface area (Å²) >= 11 is 0. The summed E-state index contributed by atoms with van der Waals surface area (Å²) in [4.78, 5) is 0. The van der Waals surface area contributed by atoms with Gasteiger partial charge in [0.15, 0.2) is 0 Å². The molecular formula is C19H23N. The number of allylic oxidation sites excluding steroid dienone is 2. The first kappa shape index (κ1) is 10.9. The zero-order valence-electron chi connectivity index (χ0n) is 12.2. The van der Waals surface area contributed by atoms with E-state index in [1.807, 2.05) is 0 Å². The molecule has 6 aliphatic rings. The van der Waals surface area contributed by atoms with E-state index in [1.165, 1.54) is 25.7 Å². The van der Waals surface area contributed by atoms with E-state index in [0.29, 0.717) is 11.3 Å². The summed E-state index contributed by atoms with van der Waals surface area (Å²) in [6.45, 7) is 2.64. The number of nitrogens with zero attached hydrogens (tertiary/aromatic N) is 1. The fraction of sp³-hybridized carbons (Fsp3) is 0.842. The van der Waals surface area contributed by atoms with Crippen molar-refractivity contribution in [3.63, 3.8) is 0 Å². The molecule has 0 aromatic rings. The first-order valence-corrected chi connectivity index (χ1v) is 8.80. The fourth-order valence-electron chi connectivity index (χ4n) is 9.00. The first-order valence-electron chi connectivity index (χ1n) is 8.80. The normalized spacial score (nSPS) is 70.4. The van der Waals surface area contributed by atoms with E-state index in [0.717, 1.165) is 53.3 Å². The van der Waals surface area contributed by atoms with Gasteiger partial charge in [-0.1, -0.05) is 19.1 Å². The molecule has 5 fully saturated rings. The van der Waals surface area contributed by atoms with Gasteiger partial charge in [0.05, 0.1) is 6.07 Å². The topological polar surface area (TPSA) is 23.8 Å². The summed E-state index contributed by atoms with van der Waals surface area (Å²) < 4.78 is 0. The van der Waals surface area contributed by atoms with Crippen LogP contribution < -0.4 is 0 Å². The molecule has 0 aromatic heterocycles. The molecule has 1 heteroatoms. The van der Waals surface area contributed by atoms with Crippen LogP contribution >= 0.6 is 0 Å². The molecule has 6 bridgehead atoms. The van der Waals surface area contributed by atoms with Crippen LogP contribution in [0.5, 0.6) is 0 Å². The largest absolute Gasteiger partial charge is 0.198 e. The number of hydrogen-bond donors (Lipinski definition) is 0. The van der Waals surface area contributed by atoms with Gasteiger partial charge in [0.1, 0.15) is 0 Å². The highest BCUT2D eigenvalue weighted by Gasteiger charge is 2.75. The Morgan fingerprint density at radius 1 is 1.00 bits per heavy atom. The summed E-state index contributed by atoms with van der Waals surface area (Å²) in [5, 5.41) is 9.49. The average molecular weight is 265 g/mol. The second-order valence-corrected chi connectivity index (χ2v) is 9.16. The second-order valence-electron chi connectivity index (χ2n) is 9.16. The molecular weight excluding hydrogens is 242 g/mol. The van der Waals surface area contributed by atoms with Crippen LogP contribution in [0.4, 0.5) is 0 Å². The Hall–Kier alpha value is -0.770. The number of nitriles is 1. The summed E-state index contributed by atoms with van der Waals surface area (Å²) in [5.74, 6) is 8.94. The molecule has 104 valence electrons. The summed E-state index contributed by atoms with van der Waals surface area (Å²) in [6.07, 6.45) is 10.8.